The smallest absolute Gasteiger partial charge is 0.170 e. The van der Waals surface area contributed by atoms with E-state index in [-0.39, 0.29) is 0 Å². The van der Waals surface area contributed by atoms with Crippen molar-refractivity contribution in [3.05, 3.63) is 69.0 Å². The van der Waals surface area contributed by atoms with Crippen LogP contribution in [0.5, 0.6) is 11.5 Å². The van der Waals surface area contributed by atoms with Gasteiger partial charge in [-0.15, -0.1) is 0 Å². The fourth-order valence-electron chi connectivity index (χ4n) is 3.57. The Hall–Kier alpha value is -2.48. The van der Waals surface area contributed by atoms with Crippen LogP contribution in [0.15, 0.2) is 36.4 Å². The molecule has 2 aromatic carbocycles. The average Bonchev–Trinajstić information content (AvgIpc) is 3.05. The maximum atomic E-state index is 6.15. The van der Waals surface area contributed by atoms with Crippen LogP contribution in [0.3, 0.4) is 0 Å². The van der Waals surface area contributed by atoms with Crippen molar-refractivity contribution < 1.29 is 9.47 Å². The first-order chi connectivity index (χ1) is 16.3. The van der Waals surface area contributed by atoms with E-state index in [4.69, 9.17) is 44.9 Å². The number of nitrogens with one attached hydrogen (secondary N) is 2. The van der Waals surface area contributed by atoms with Gasteiger partial charge < -0.3 is 20.1 Å². The first-order valence-electron chi connectivity index (χ1n) is 11.2. The van der Waals surface area contributed by atoms with Crippen LogP contribution in [0.25, 0.3) is 0 Å². The lowest BCUT2D eigenvalue weighted by Gasteiger charge is -2.14. The molecule has 182 valence electrons. The number of halogens is 2. The molecule has 0 atom stereocenters. The molecule has 0 aliphatic rings. The van der Waals surface area contributed by atoms with Crippen molar-refractivity contribution in [2.75, 3.05) is 25.1 Å². The summed E-state index contributed by atoms with van der Waals surface area (Å²) in [6.45, 7) is 10.4. The average molecular weight is 522 g/mol. The first kappa shape index (κ1) is 26.1. The summed E-state index contributed by atoms with van der Waals surface area (Å²) in [6.07, 6.45) is 0.794. The molecule has 0 unspecified atom stereocenters. The molecule has 0 bridgehead atoms. The van der Waals surface area contributed by atoms with Crippen LogP contribution in [-0.2, 0) is 13.0 Å². The first-order valence-corrected chi connectivity index (χ1v) is 12.4. The molecule has 9 heteroatoms. The number of rotatable bonds is 10. The predicted molar refractivity (Wildman–Crippen MR) is 144 cm³/mol. The molecule has 34 heavy (non-hydrogen) atoms. The Labute approximate surface area is 216 Å². The van der Waals surface area contributed by atoms with Gasteiger partial charge in [-0.05, 0) is 81.7 Å². The molecule has 0 radical (unpaired) electrons. The second-order valence-corrected chi connectivity index (χ2v) is 8.95. The van der Waals surface area contributed by atoms with Gasteiger partial charge in [0, 0.05) is 6.54 Å². The van der Waals surface area contributed by atoms with E-state index < -0.39 is 0 Å². The van der Waals surface area contributed by atoms with Crippen LogP contribution in [0.1, 0.15) is 36.4 Å². The number of benzene rings is 2. The van der Waals surface area contributed by atoms with Crippen molar-refractivity contribution in [3.8, 4) is 11.5 Å². The fourth-order valence-corrected chi connectivity index (χ4v) is 4.10. The fraction of sp³-hybridized carbons (Fsp3) is 0.360. The second kappa shape index (κ2) is 12.3. The zero-order chi connectivity index (χ0) is 24.7. The minimum absolute atomic E-state index is 0.533. The highest BCUT2D eigenvalue weighted by Crippen LogP contribution is 2.29. The molecule has 2 N–H and O–H groups in total. The summed E-state index contributed by atoms with van der Waals surface area (Å²) in [5.41, 5.74) is 4.92. The molecule has 0 aliphatic heterocycles. The van der Waals surface area contributed by atoms with Gasteiger partial charge in [-0.1, -0.05) is 35.3 Å². The summed E-state index contributed by atoms with van der Waals surface area (Å²) < 4.78 is 13.3. The third-order valence-corrected chi connectivity index (χ3v) is 6.23. The minimum atomic E-state index is 0.533. The molecule has 0 fully saturated rings. The number of nitrogens with zero attached hydrogens (tertiary/aromatic N) is 2. The maximum Gasteiger partial charge on any atom is 0.170 e. The van der Waals surface area contributed by atoms with E-state index in [1.54, 1.807) is 6.07 Å². The van der Waals surface area contributed by atoms with Crippen molar-refractivity contribution >= 4 is 46.2 Å². The lowest BCUT2D eigenvalue weighted by atomic mass is 10.1. The number of ether oxygens (including phenoxy) is 2. The van der Waals surface area contributed by atoms with Gasteiger partial charge in [-0.2, -0.15) is 5.10 Å². The quantitative estimate of drug-likeness (QED) is 0.311. The van der Waals surface area contributed by atoms with Crippen molar-refractivity contribution in [2.24, 2.45) is 0 Å². The summed E-state index contributed by atoms with van der Waals surface area (Å²) in [6, 6.07) is 11.6. The van der Waals surface area contributed by atoms with E-state index in [0.717, 1.165) is 46.1 Å². The molecule has 0 amide bonds. The van der Waals surface area contributed by atoms with Gasteiger partial charge in [0.1, 0.15) is 0 Å². The van der Waals surface area contributed by atoms with E-state index in [1.807, 2.05) is 62.7 Å². The molecule has 1 heterocycles. The number of thiocarbonyl (C=S) groups is 1. The molecule has 1 aromatic heterocycles. The largest absolute Gasteiger partial charge is 0.490 e. The Morgan fingerprint density at radius 2 is 1.68 bits per heavy atom. The molecule has 0 saturated carbocycles. The zero-order valence-corrected chi connectivity index (χ0v) is 22.2. The Kier molecular flexibility index (Phi) is 9.45. The number of hydrogen-bond donors (Lipinski definition) is 2. The zero-order valence-electron chi connectivity index (χ0n) is 19.9. The SMILES string of the molecule is CCOc1ccc(CCNC(=S)Nc2c(C)nn(Cc3ccc(Cl)c(Cl)c3)c2C)cc1OCC. The highest BCUT2D eigenvalue weighted by atomic mass is 35.5. The van der Waals surface area contributed by atoms with Crippen LogP contribution in [-0.4, -0.2) is 34.7 Å². The van der Waals surface area contributed by atoms with Crippen LogP contribution in [0, 0.1) is 13.8 Å². The molecule has 6 nitrogen and oxygen atoms in total. The van der Waals surface area contributed by atoms with Crippen LogP contribution >= 0.6 is 35.4 Å². The lowest BCUT2D eigenvalue weighted by Crippen LogP contribution is -2.30. The van der Waals surface area contributed by atoms with E-state index in [9.17, 15) is 0 Å². The molecule has 0 saturated heterocycles. The normalized spacial score (nSPS) is 10.8. The van der Waals surface area contributed by atoms with Crippen molar-refractivity contribution in [3.63, 3.8) is 0 Å². The summed E-state index contributed by atoms with van der Waals surface area (Å²) in [5, 5.41) is 12.8. The summed E-state index contributed by atoms with van der Waals surface area (Å²) in [7, 11) is 0. The molecular formula is C25H30Cl2N4O2S. The van der Waals surface area contributed by atoms with Gasteiger partial charge in [0.2, 0.25) is 0 Å². The van der Waals surface area contributed by atoms with Gasteiger partial charge in [0.25, 0.3) is 0 Å². The monoisotopic (exact) mass is 520 g/mol. The van der Waals surface area contributed by atoms with Gasteiger partial charge in [0.05, 0.1) is 46.9 Å². The highest BCUT2D eigenvalue weighted by molar-refractivity contribution is 7.80. The number of anilines is 1. The second-order valence-electron chi connectivity index (χ2n) is 7.73. The van der Waals surface area contributed by atoms with Crippen LogP contribution in [0.2, 0.25) is 10.0 Å². The molecule has 3 rings (SSSR count). The van der Waals surface area contributed by atoms with E-state index >= 15 is 0 Å². The maximum absolute atomic E-state index is 6.15. The van der Waals surface area contributed by atoms with Crippen LogP contribution in [0.4, 0.5) is 5.69 Å². The van der Waals surface area contributed by atoms with E-state index in [0.29, 0.717) is 41.5 Å². The summed E-state index contributed by atoms with van der Waals surface area (Å²) >= 11 is 17.7. The molecule has 0 spiro atoms. The lowest BCUT2D eigenvalue weighted by molar-refractivity contribution is 0.287. The van der Waals surface area contributed by atoms with E-state index in [1.165, 1.54) is 0 Å². The van der Waals surface area contributed by atoms with E-state index in [2.05, 4.69) is 15.7 Å². The Balaban J connectivity index is 1.58. The topological polar surface area (TPSA) is 60.3 Å². The molecule has 3 aromatic rings. The Morgan fingerprint density at radius 3 is 2.38 bits per heavy atom. The Morgan fingerprint density at radius 1 is 0.971 bits per heavy atom. The van der Waals surface area contributed by atoms with Gasteiger partial charge in [-0.3, -0.25) is 4.68 Å². The number of aryl methyl sites for hydroxylation is 1. The van der Waals surface area contributed by atoms with Crippen LogP contribution < -0.4 is 20.1 Å². The van der Waals surface area contributed by atoms with Crippen molar-refractivity contribution in [2.45, 2.75) is 40.7 Å². The predicted octanol–water partition coefficient (Wildman–Crippen LogP) is 6.18. The number of hydrogen-bond acceptors (Lipinski definition) is 4. The molecule has 0 aliphatic carbocycles. The van der Waals surface area contributed by atoms with Crippen molar-refractivity contribution in [1.29, 1.82) is 0 Å². The Bertz CT molecular complexity index is 1150. The van der Waals surface area contributed by atoms with Crippen molar-refractivity contribution in [1.82, 2.24) is 15.1 Å². The number of aromatic nitrogens is 2. The third kappa shape index (κ3) is 6.78. The third-order valence-electron chi connectivity index (χ3n) is 5.24. The summed E-state index contributed by atoms with van der Waals surface area (Å²) in [5.74, 6) is 1.53. The van der Waals surface area contributed by atoms with Gasteiger partial charge >= 0.3 is 0 Å². The standard InChI is InChI=1S/C25H30Cl2N4O2S/c1-5-32-22-10-8-18(14-23(22)33-6-2)11-12-28-25(34)29-24-16(3)30-31(17(24)4)15-19-7-9-20(26)21(27)13-19/h7-10,13-14H,5-6,11-12,15H2,1-4H3,(H2,28,29,34). The van der Waals surface area contributed by atoms with Gasteiger partial charge in [0.15, 0.2) is 16.6 Å². The molecular weight excluding hydrogens is 491 g/mol. The minimum Gasteiger partial charge on any atom is -0.490 e. The summed E-state index contributed by atoms with van der Waals surface area (Å²) in [4.78, 5) is 0. The highest BCUT2D eigenvalue weighted by Gasteiger charge is 2.14. The van der Waals surface area contributed by atoms with Gasteiger partial charge in [-0.25, -0.2) is 0 Å².